The van der Waals surface area contributed by atoms with Crippen molar-refractivity contribution in [1.82, 2.24) is 5.32 Å². The molecule has 0 saturated heterocycles. The summed E-state index contributed by atoms with van der Waals surface area (Å²) in [6.07, 6.45) is -4.54. The van der Waals surface area contributed by atoms with Gasteiger partial charge in [0.25, 0.3) is 0 Å². The molecule has 2 amide bonds. The van der Waals surface area contributed by atoms with Gasteiger partial charge in [0.1, 0.15) is 0 Å². The van der Waals surface area contributed by atoms with Crippen LogP contribution in [0.3, 0.4) is 0 Å². The first-order chi connectivity index (χ1) is 13.1. The molecule has 0 bridgehead atoms. The second-order valence-electron chi connectivity index (χ2n) is 6.71. The zero-order valence-corrected chi connectivity index (χ0v) is 16.1. The lowest BCUT2D eigenvalue weighted by atomic mass is 10.1. The van der Waals surface area contributed by atoms with E-state index in [0.29, 0.717) is 4.90 Å². The van der Waals surface area contributed by atoms with Crippen LogP contribution in [0.1, 0.15) is 36.1 Å². The number of halogens is 3. The van der Waals surface area contributed by atoms with Gasteiger partial charge in [-0.2, -0.15) is 13.2 Å². The van der Waals surface area contributed by atoms with Crippen molar-refractivity contribution >= 4 is 29.3 Å². The normalized spacial score (nSPS) is 17.5. The molecule has 0 radical (unpaired) electrons. The number of anilines is 1. The van der Waals surface area contributed by atoms with E-state index in [1.54, 1.807) is 0 Å². The number of carbonyl (C=O) groups excluding carboxylic acids is 2. The Morgan fingerprint density at radius 3 is 2.54 bits per heavy atom. The number of hydrogen-bond donors (Lipinski definition) is 2. The smallest absolute Gasteiger partial charge is 0.350 e. The van der Waals surface area contributed by atoms with Crippen LogP contribution >= 0.6 is 11.8 Å². The summed E-state index contributed by atoms with van der Waals surface area (Å²) in [4.78, 5) is 25.1. The van der Waals surface area contributed by atoms with Crippen molar-refractivity contribution in [2.75, 3.05) is 5.32 Å². The molecule has 4 nitrogen and oxygen atoms in total. The molecule has 0 fully saturated rings. The highest BCUT2D eigenvalue weighted by molar-refractivity contribution is 8.01. The maximum absolute atomic E-state index is 12.8. The van der Waals surface area contributed by atoms with Gasteiger partial charge in [-0.05, 0) is 37.6 Å². The third-order valence-electron chi connectivity index (χ3n) is 4.45. The Labute approximate surface area is 164 Å². The second kappa shape index (κ2) is 7.87. The largest absolute Gasteiger partial charge is 0.416 e. The fourth-order valence-corrected chi connectivity index (χ4v) is 3.96. The minimum atomic E-state index is -4.48. The van der Waals surface area contributed by atoms with Gasteiger partial charge in [0, 0.05) is 11.3 Å². The molecule has 1 heterocycles. The van der Waals surface area contributed by atoms with Crippen LogP contribution in [0.25, 0.3) is 0 Å². The lowest BCUT2D eigenvalue weighted by Gasteiger charge is -2.25. The number of carbonyl (C=O) groups is 2. The van der Waals surface area contributed by atoms with Crippen molar-refractivity contribution in [3.63, 3.8) is 0 Å². The van der Waals surface area contributed by atoms with E-state index < -0.39 is 22.9 Å². The predicted octanol–water partition coefficient (Wildman–Crippen LogP) is 4.69. The molecule has 3 rings (SSSR count). The Kier molecular flexibility index (Phi) is 5.69. The molecule has 2 aromatic carbocycles. The molecule has 0 aromatic heterocycles. The molecule has 2 N–H and O–H groups in total. The number of alkyl halides is 3. The van der Waals surface area contributed by atoms with Crippen LogP contribution in [0.4, 0.5) is 18.9 Å². The van der Waals surface area contributed by atoms with Gasteiger partial charge in [-0.1, -0.05) is 29.8 Å². The van der Waals surface area contributed by atoms with Crippen molar-refractivity contribution in [3.05, 3.63) is 59.2 Å². The summed E-state index contributed by atoms with van der Waals surface area (Å²) in [6.45, 7) is 3.83. The number of amides is 2. The summed E-state index contributed by atoms with van der Waals surface area (Å²) in [5.41, 5.74) is 1.36. The molecule has 28 heavy (non-hydrogen) atoms. The molecule has 0 spiro atoms. The Morgan fingerprint density at radius 2 is 1.89 bits per heavy atom. The van der Waals surface area contributed by atoms with Crippen LogP contribution in [0, 0.1) is 6.92 Å². The molecule has 148 valence electrons. The Hall–Kier alpha value is -2.48. The van der Waals surface area contributed by atoms with Gasteiger partial charge in [-0.15, -0.1) is 11.8 Å². The Morgan fingerprint density at radius 1 is 1.21 bits per heavy atom. The molecule has 2 aromatic rings. The third-order valence-corrected chi connectivity index (χ3v) is 5.73. The van der Waals surface area contributed by atoms with E-state index in [-0.39, 0.29) is 24.1 Å². The van der Waals surface area contributed by atoms with E-state index in [0.717, 1.165) is 35.0 Å². The van der Waals surface area contributed by atoms with Gasteiger partial charge < -0.3 is 10.6 Å². The number of rotatable bonds is 4. The van der Waals surface area contributed by atoms with Crippen LogP contribution in [0.15, 0.2) is 47.4 Å². The Bertz CT molecular complexity index is 897. The Balaban J connectivity index is 1.64. The molecular formula is C20H19F3N2O2S. The lowest BCUT2D eigenvalue weighted by Crippen LogP contribution is -2.35. The summed E-state index contributed by atoms with van der Waals surface area (Å²) in [5, 5.41) is 4.64. The molecule has 8 heteroatoms. The maximum Gasteiger partial charge on any atom is 0.416 e. The molecule has 0 aliphatic carbocycles. The zero-order chi connectivity index (χ0) is 20.5. The van der Waals surface area contributed by atoms with Gasteiger partial charge in [0.05, 0.1) is 22.5 Å². The van der Waals surface area contributed by atoms with Gasteiger partial charge in [-0.3, -0.25) is 9.59 Å². The average Bonchev–Trinajstić information content (AvgIpc) is 2.61. The number of aryl methyl sites for hydroxylation is 1. The highest BCUT2D eigenvalue weighted by atomic mass is 32.2. The molecule has 1 aliphatic heterocycles. The summed E-state index contributed by atoms with van der Waals surface area (Å²) in [7, 11) is 0. The average molecular weight is 408 g/mol. The van der Waals surface area contributed by atoms with Crippen LogP contribution in [-0.4, -0.2) is 17.1 Å². The van der Waals surface area contributed by atoms with Crippen molar-refractivity contribution in [2.45, 2.75) is 42.6 Å². The fraction of sp³-hybridized carbons (Fsp3) is 0.300. The SMILES string of the molecule is Cc1ccc(C(C)NC(=O)CC2Sc3ccc(C(F)(F)F)cc3NC2=O)cc1. The van der Waals surface area contributed by atoms with Crippen LogP contribution < -0.4 is 10.6 Å². The maximum atomic E-state index is 12.8. The quantitative estimate of drug-likeness (QED) is 0.771. The highest BCUT2D eigenvalue weighted by Gasteiger charge is 2.34. The van der Waals surface area contributed by atoms with Crippen LogP contribution in [0.5, 0.6) is 0 Å². The van der Waals surface area contributed by atoms with E-state index in [4.69, 9.17) is 0 Å². The first-order valence-electron chi connectivity index (χ1n) is 8.68. The number of hydrogen-bond acceptors (Lipinski definition) is 3. The van der Waals surface area contributed by atoms with Crippen LogP contribution in [0.2, 0.25) is 0 Å². The number of fused-ring (bicyclic) bond motifs is 1. The molecular weight excluding hydrogens is 389 g/mol. The molecule has 2 unspecified atom stereocenters. The molecule has 2 atom stereocenters. The van der Waals surface area contributed by atoms with Crippen molar-refractivity contribution in [2.24, 2.45) is 0 Å². The summed E-state index contributed by atoms with van der Waals surface area (Å²) < 4.78 is 38.4. The summed E-state index contributed by atoms with van der Waals surface area (Å²) >= 11 is 1.10. The highest BCUT2D eigenvalue weighted by Crippen LogP contribution is 2.40. The van der Waals surface area contributed by atoms with Gasteiger partial charge in [0.2, 0.25) is 11.8 Å². The zero-order valence-electron chi connectivity index (χ0n) is 15.3. The van der Waals surface area contributed by atoms with E-state index >= 15 is 0 Å². The predicted molar refractivity (Wildman–Crippen MR) is 102 cm³/mol. The monoisotopic (exact) mass is 408 g/mol. The molecule has 0 saturated carbocycles. The second-order valence-corrected chi connectivity index (χ2v) is 7.95. The number of nitrogens with one attached hydrogen (secondary N) is 2. The van der Waals surface area contributed by atoms with Gasteiger partial charge >= 0.3 is 6.18 Å². The third kappa shape index (κ3) is 4.67. The van der Waals surface area contributed by atoms with E-state index in [1.807, 2.05) is 38.1 Å². The van der Waals surface area contributed by atoms with Gasteiger partial charge in [0.15, 0.2) is 0 Å². The fourth-order valence-electron chi connectivity index (χ4n) is 2.87. The van der Waals surface area contributed by atoms with Crippen LogP contribution in [-0.2, 0) is 15.8 Å². The summed E-state index contributed by atoms with van der Waals surface area (Å²) in [5.74, 6) is -0.772. The first kappa shape index (κ1) is 20.3. The van der Waals surface area contributed by atoms with Gasteiger partial charge in [-0.25, -0.2) is 0 Å². The minimum absolute atomic E-state index is 0.0623. The lowest BCUT2D eigenvalue weighted by molar-refractivity contribution is -0.137. The number of thioether (sulfide) groups is 1. The summed E-state index contributed by atoms with van der Waals surface area (Å²) in [6, 6.07) is 10.8. The van der Waals surface area contributed by atoms with Crippen molar-refractivity contribution in [3.8, 4) is 0 Å². The standard InChI is InChI=1S/C20H19F3N2O2S/c1-11-3-5-13(6-4-11)12(2)24-18(26)10-17-19(27)25-15-9-14(20(21,22)23)7-8-16(15)28-17/h3-9,12,17H,10H2,1-2H3,(H,24,26)(H,25,27). The van der Waals surface area contributed by atoms with E-state index in [2.05, 4.69) is 10.6 Å². The topological polar surface area (TPSA) is 58.2 Å². The van der Waals surface area contributed by atoms with Crippen molar-refractivity contribution < 1.29 is 22.8 Å². The van der Waals surface area contributed by atoms with Crippen molar-refractivity contribution in [1.29, 1.82) is 0 Å². The molecule has 1 aliphatic rings. The first-order valence-corrected chi connectivity index (χ1v) is 9.56. The number of benzene rings is 2. The van der Waals surface area contributed by atoms with E-state index in [9.17, 15) is 22.8 Å². The van der Waals surface area contributed by atoms with E-state index in [1.165, 1.54) is 6.07 Å². The minimum Gasteiger partial charge on any atom is -0.350 e.